The van der Waals surface area contributed by atoms with Crippen molar-refractivity contribution >= 4 is 5.97 Å². The maximum atomic E-state index is 11.8. The molecule has 100 valence electrons. The highest BCUT2D eigenvalue weighted by atomic mass is 16.4. The predicted octanol–water partition coefficient (Wildman–Crippen LogP) is 3.03. The summed E-state index contributed by atoms with van der Waals surface area (Å²) < 4.78 is 0. The van der Waals surface area contributed by atoms with Gasteiger partial charge in [0.2, 0.25) is 0 Å². The molecule has 0 saturated carbocycles. The van der Waals surface area contributed by atoms with Crippen LogP contribution in [0.5, 0.6) is 0 Å². The Hall–Kier alpha value is -1.35. The van der Waals surface area contributed by atoms with E-state index in [0.717, 1.165) is 11.1 Å². The molecule has 1 aromatic rings. The molecule has 0 bridgehead atoms. The molecule has 1 unspecified atom stereocenters. The van der Waals surface area contributed by atoms with Crippen molar-refractivity contribution in [3.63, 3.8) is 0 Å². The molecule has 0 saturated heterocycles. The zero-order valence-electron chi connectivity index (χ0n) is 11.9. The molecule has 0 aromatic heterocycles. The van der Waals surface area contributed by atoms with Crippen molar-refractivity contribution in [1.82, 2.24) is 4.90 Å². The van der Waals surface area contributed by atoms with Crippen LogP contribution in [0.3, 0.4) is 0 Å². The Bertz CT molecular complexity index is 428. The standard InChI is InChI=1S/C15H23NO2/c1-6-16(11(2)3)15(5,14(17)18)13-9-7-8-12(4)10-13/h7-11H,6H2,1-5H3,(H,17,18). The van der Waals surface area contributed by atoms with Crippen LogP contribution in [0.4, 0.5) is 0 Å². The van der Waals surface area contributed by atoms with E-state index in [-0.39, 0.29) is 6.04 Å². The second kappa shape index (κ2) is 5.53. The normalized spacial score (nSPS) is 14.8. The predicted molar refractivity (Wildman–Crippen MR) is 73.7 cm³/mol. The van der Waals surface area contributed by atoms with E-state index < -0.39 is 11.5 Å². The van der Waals surface area contributed by atoms with Gasteiger partial charge in [-0.25, -0.2) is 4.79 Å². The molecular weight excluding hydrogens is 226 g/mol. The lowest BCUT2D eigenvalue weighted by Gasteiger charge is -2.40. The van der Waals surface area contributed by atoms with Crippen LogP contribution in [-0.4, -0.2) is 28.6 Å². The summed E-state index contributed by atoms with van der Waals surface area (Å²) in [6, 6.07) is 7.93. The smallest absolute Gasteiger partial charge is 0.328 e. The van der Waals surface area contributed by atoms with Gasteiger partial charge in [0, 0.05) is 6.04 Å². The lowest BCUT2D eigenvalue weighted by molar-refractivity contribution is -0.152. The maximum absolute atomic E-state index is 11.8. The molecule has 1 aromatic carbocycles. The number of rotatable bonds is 5. The van der Waals surface area contributed by atoms with Crippen molar-refractivity contribution in [1.29, 1.82) is 0 Å². The lowest BCUT2D eigenvalue weighted by atomic mass is 9.88. The highest BCUT2D eigenvalue weighted by Crippen LogP contribution is 2.31. The minimum Gasteiger partial charge on any atom is -0.480 e. The SMILES string of the molecule is CCN(C(C)C)C(C)(C(=O)O)c1cccc(C)c1. The summed E-state index contributed by atoms with van der Waals surface area (Å²) in [4.78, 5) is 13.8. The van der Waals surface area contributed by atoms with E-state index >= 15 is 0 Å². The molecule has 0 fully saturated rings. The van der Waals surface area contributed by atoms with Crippen molar-refractivity contribution < 1.29 is 9.90 Å². The van der Waals surface area contributed by atoms with Crippen LogP contribution < -0.4 is 0 Å². The average Bonchev–Trinajstić information content (AvgIpc) is 2.28. The second-order valence-corrected chi connectivity index (χ2v) is 5.13. The first kappa shape index (κ1) is 14.7. The van der Waals surface area contributed by atoms with E-state index in [2.05, 4.69) is 0 Å². The van der Waals surface area contributed by atoms with Gasteiger partial charge in [-0.1, -0.05) is 36.8 Å². The van der Waals surface area contributed by atoms with Crippen molar-refractivity contribution in [3.8, 4) is 0 Å². The molecular formula is C15H23NO2. The summed E-state index contributed by atoms with van der Waals surface area (Å²) in [7, 11) is 0. The summed E-state index contributed by atoms with van der Waals surface area (Å²) in [6.07, 6.45) is 0. The number of carbonyl (C=O) groups is 1. The number of aliphatic carboxylic acids is 1. The van der Waals surface area contributed by atoms with Crippen LogP contribution in [0.2, 0.25) is 0 Å². The van der Waals surface area contributed by atoms with E-state index in [0.29, 0.717) is 6.54 Å². The van der Waals surface area contributed by atoms with Gasteiger partial charge < -0.3 is 5.11 Å². The van der Waals surface area contributed by atoms with Crippen LogP contribution in [-0.2, 0) is 10.3 Å². The first-order valence-electron chi connectivity index (χ1n) is 6.41. The molecule has 0 heterocycles. The van der Waals surface area contributed by atoms with E-state index in [1.54, 1.807) is 6.92 Å². The number of likely N-dealkylation sites (N-methyl/N-ethyl adjacent to an activating group) is 1. The van der Waals surface area contributed by atoms with Crippen LogP contribution in [0.25, 0.3) is 0 Å². The molecule has 0 aliphatic heterocycles. The molecule has 0 amide bonds. The van der Waals surface area contributed by atoms with Crippen LogP contribution in [0, 0.1) is 6.92 Å². The highest BCUT2D eigenvalue weighted by molar-refractivity contribution is 5.80. The van der Waals surface area contributed by atoms with Gasteiger partial charge in [0.1, 0.15) is 5.54 Å². The summed E-state index contributed by atoms with van der Waals surface area (Å²) in [5.41, 5.74) is 0.944. The quantitative estimate of drug-likeness (QED) is 0.872. The van der Waals surface area contributed by atoms with Crippen molar-refractivity contribution in [2.45, 2.75) is 46.2 Å². The molecule has 0 aliphatic rings. The summed E-state index contributed by atoms with van der Waals surface area (Å²) in [5.74, 6) is -0.802. The van der Waals surface area contributed by atoms with Gasteiger partial charge in [0.05, 0.1) is 0 Å². The van der Waals surface area contributed by atoms with E-state index in [1.165, 1.54) is 0 Å². The fraction of sp³-hybridized carbons (Fsp3) is 0.533. The highest BCUT2D eigenvalue weighted by Gasteiger charge is 2.41. The third-order valence-electron chi connectivity index (χ3n) is 3.54. The van der Waals surface area contributed by atoms with Crippen LogP contribution in [0.15, 0.2) is 24.3 Å². The molecule has 18 heavy (non-hydrogen) atoms. The molecule has 0 radical (unpaired) electrons. The van der Waals surface area contributed by atoms with E-state index in [9.17, 15) is 9.90 Å². The number of nitrogens with zero attached hydrogens (tertiary/aromatic N) is 1. The molecule has 3 nitrogen and oxygen atoms in total. The number of carboxylic acid groups (broad SMARTS) is 1. The second-order valence-electron chi connectivity index (χ2n) is 5.13. The van der Waals surface area contributed by atoms with Crippen molar-refractivity contribution in [3.05, 3.63) is 35.4 Å². The number of hydrogen-bond donors (Lipinski definition) is 1. The fourth-order valence-electron chi connectivity index (χ4n) is 2.56. The number of hydrogen-bond acceptors (Lipinski definition) is 2. The maximum Gasteiger partial charge on any atom is 0.328 e. The molecule has 3 heteroatoms. The number of aryl methyl sites for hydroxylation is 1. The summed E-state index contributed by atoms with van der Waals surface area (Å²) >= 11 is 0. The van der Waals surface area contributed by atoms with E-state index in [4.69, 9.17) is 0 Å². The Kier molecular flexibility index (Phi) is 4.52. The molecule has 1 atom stereocenters. The molecule has 0 spiro atoms. The third-order valence-corrected chi connectivity index (χ3v) is 3.54. The Morgan fingerprint density at radius 1 is 1.44 bits per heavy atom. The van der Waals surface area contributed by atoms with Gasteiger partial charge in [-0.3, -0.25) is 4.90 Å². The summed E-state index contributed by atoms with van der Waals surface area (Å²) in [5, 5.41) is 9.69. The monoisotopic (exact) mass is 249 g/mol. The number of benzene rings is 1. The topological polar surface area (TPSA) is 40.5 Å². The van der Waals surface area contributed by atoms with Crippen LogP contribution in [0.1, 0.15) is 38.8 Å². The lowest BCUT2D eigenvalue weighted by Crippen LogP contribution is -2.52. The van der Waals surface area contributed by atoms with Gasteiger partial charge in [-0.05, 0) is 39.8 Å². The molecule has 0 aliphatic carbocycles. The van der Waals surface area contributed by atoms with Gasteiger partial charge >= 0.3 is 5.97 Å². The molecule has 1 rings (SSSR count). The fourth-order valence-corrected chi connectivity index (χ4v) is 2.56. The zero-order chi connectivity index (χ0) is 13.9. The van der Waals surface area contributed by atoms with Crippen molar-refractivity contribution in [2.24, 2.45) is 0 Å². The Balaban J connectivity index is 3.35. The first-order valence-corrected chi connectivity index (χ1v) is 6.41. The largest absolute Gasteiger partial charge is 0.480 e. The zero-order valence-corrected chi connectivity index (χ0v) is 11.9. The van der Waals surface area contributed by atoms with Gasteiger partial charge in [-0.2, -0.15) is 0 Å². The van der Waals surface area contributed by atoms with Crippen molar-refractivity contribution in [2.75, 3.05) is 6.54 Å². The van der Waals surface area contributed by atoms with Gasteiger partial charge in [-0.15, -0.1) is 0 Å². The third kappa shape index (κ3) is 2.56. The average molecular weight is 249 g/mol. The molecule has 1 N–H and O–H groups in total. The Labute approximate surface area is 109 Å². The Morgan fingerprint density at radius 3 is 2.44 bits per heavy atom. The minimum atomic E-state index is -0.977. The van der Waals surface area contributed by atoms with E-state index in [1.807, 2.05) is 56.9 Å². The first-order chi connectivity index (χ1) is 8.33. The van der Waals surface area contributed by atoms with Crippen LogP contribution >= 0.6 is 0 Å². The van der Waals surface area contributed by atoms with Gasteiger partial charge in [0.25, 0.3) is 0 Å². The number of carboxylic acids is 1. The summed E-state index contributed by atoms with van der Waals surface area (Å²) in [6.45, 7) is 10.5. The Morgan fingerprint density at radius 2 is 2.06 bits per heavy atom. The van der Waals surface area contributed by atoms with Gasteiger partial charge in [0.15, 0.2) is 0 Å². The minimum absolute atomic E-state index is 0.177.